The van der Waals surface area contributed by atoms with Gasteiger partial charge >= 0.3 is 0 Å². The van der Waals surface area contributed by atoms with Gasteiger partial charge in [-0.05, 0) is 13.0 Å². The molecule has 2 amide bonds. The number of aromatic amines is 1. The van der Waals surface area contributed by atoms with Crippen LogP contribution in [0.4, 0.5) is 5.95 Å². The van der Waals surface area contributed by atoms with E-state index in [-0.39, 0.29) is 11.9 Å². The molecular weight excluding hydrogens is 238 g/mol. The van der Waals surface area contributed by atoms with Crippen molar-refractivity contribution in [2.75, 3.05) is 5.32 Å². The molecule has 1 atom stereocenters. The zero-order valence-electron chi connectivity index (χ0n) is 9.51. The quantitative estimate of drug-likeness (QED) is 0.714. The molecule has 3 N–H and O–H groups in total. The Labute approximate surface area is 102 Å². The predicted molar refractivity (Wildman–Crippen MR) is 60.6 cm³/mol. The molecule has 8 nitrogen and oxygen atoms in total. The van der Waals surface area contributed by atoms with Crippen LogP contribution >= 0.6 is 0 Å². The number of hydrogen-bond donors (Lipinski definition) is 3. The van der Waals surface area contributed by atoms with E-state index in [1.54, 1.807) is 6.92 Å². The van der Waals surface area contributed by atoms with E-state index in [2.05, 4.69) is 25.8 Å². The predicted octanol–water partition coefficient (Wildman–Crippen LogP) is 0.155. The van der Waals surface area contributed by atoms with Gasteiger partial charge in [0.05, 0.1) is 11.8 Å². The summed E-state index contributed by atoms with van der Waals surface area (Å²) in [7, 11) is 0. The monoisotopic (exact) mass is 249 g/mol. The van der Waals surface area contributed by atoms with E-state index in [1.807, 2.05) is 0 Å². The molecule has 0 radical (unpaired) electrons. The summed E-state index contributed by atoms with van der Waals surface area (Å²) < 4.78 is 4.78. The molecule has 2 aromatic heterocycles. The summed E-state index contributed by atoms with van der Waals surface area (Å²) in [5.41, 5.74) is 0.356. The zero-order valence-corrected chi connectivity index (χ0v) is 9.51. The molecule has 0 fully saturated rings. The Morgan fingerprint density at radius 1 is 1.50 bits per heavy atom. The molecule has 0 aliphatic heterocycles. The molecule has 0 unspecified atom stereocenters. The van der Waals surface area contributed by atoms with E-state index < -0.39 is 11.9 Å². The highest BCUT2D eigenvalue weighted by atomic mass is 16.3. The minimum absolute atomic E-state index is 0.226. The lowest BCUT2D eigenvalue weighted by Crippen LogP contribution is -2.41. The van der Waals surface area contributed by atoms with E-state index in [9.17, 15) is 9.59 Å². The Balaban J connectivity index is 1.89. The number of nitrogens with one attached hydrogen (secondary N) is 3. The fourth-order valence-electron chi connectivity index (χ4n) is 1.23. The largest absolute Gasteiger partial charge is 0.472 e. The highest BCUT2D eigenvalue weighted by molar-refractivity contribution is 6.00. The second-order valence-corrected chi connectivity index (χ2v) is 3.53. The molecule has 0 saturated heterocycles. The Hall–Kier alpha value is -2.64. The maximum absolute atomic E-state index is 11.7. The first-order valence-electron chi connectivity index (χ1n) is 5.16. The first kappa shape index (κ1) is 11.8. The highest BCUT2D eigenvalue weighted by Crippen LogP contribution is 2.01. The molecule has 0 aromatic carbocycles. The Morgan fingerprint density at radius 3 is 2.94 bits per heavy atom. The lowest BCUT2D eigenvalue weighted by molar-refractivity contribution is -0.117. The van der Waals surface area contributed by atoms with E-state index in [4.69, 9.17) is 4.42 Å². The Morgan fingerprint density at radius 2 is 2.33 bits per heavy atom. The van der Waals surface area contributed by atoms with E-state index in [0.29, 0.717) is 5.56 Å². The van der Waals surface area contributed by atoms with Crippen LogP contribution in [0.2, 0.25) is 0 Å². The first-order chi connectivity index (χ1) is 8.66. The van der Waals surface area contributed by atoms with Crippen molar-refractivity contribution in [1.82, 2.24) is 20.5 Å². The van der Waals surface area contributed by atoms with E-state index in [1.165, 1.54) is 24.9 Å². The average Bonchev–Trinajstić information content (AvgIpc) is 3.01. The number of carbonyl (C=O) groups is 2. The van der Waals surface area contributed by atoms with Gasteiger partial charge in [-0.25, -0.2) is 5.10 Å². The van der Waals surface area contributed by atoms with Crippen LogP contribution < -0.4 is 10.6 Å². The number of amides is 2. The third kappa shape index (κ3) is 2.73. The van der Waals surface area contributed by atoms with Gasteiger partial charge in [0.25, 0.3) is 5.91 Å². The molecule has 0 bridgehead atoms. The van der Waals surface area contributed by atoms with E-state index >= 15 is 0 Å². The van der Waals surface area contributed by atoms with Crippen molar-refractivity contribution in [2.24, 2.45) is 0 Å². The minimum Gasteiger partial charge on any atom is -0.472 e. The fraction of sp³-hybridized carbons (Fsp3) is 0.200. The van der Waals surface area contributed by atoms with Crippen molar-refractivity contribution >= 4 is 17.8 Å². The molecule has 0 aliphatic carbocycles. The van der Waals surface area contributed by atoms with Gasteiger partial charge in [-0.2, -0.15) is 10.1 Å². The summed E-state index contributed by atoms with van der Waals surface area (Å²) in [5.74, 6) is -0.558. The summed E-state index contributed by atoms with van der Waals surface area (Å²) in [6.45, 7) is 1.56. The number of H-pyrrole nitrogens is 1. The molecule has 0 spiro atoms. The minimum atomic E-state index is -0.711. The van der Waals surface area contributed by atoms with Crippen molar-refractivity contribution < 1.29 is 14.0 Å². The molecule has 0 aliphatic rings. The van der Waals surface area contributed by atoms with Gasteiger partial charge < -0.3 is 9.73 Å². The summed E-state index contributed by atoms with van der Waals surface area (Å²) in [4.78, 5) is 27.1. The van der Waals surface area contributed by atoms with Crippen LogP contribution in [0, 0.1) is 0 Å². The number of anilines is 1. The van der Waals surface area contributed by atoms with Crippen LogP contribution in [-0.2, 0) is 4.79 Å². The maximum Gasteiger partial charge on any atom is 0.255 e. The maximum atomic E-state index is 11.7. The summed E-state index contributed by atoms with van der Waals surface area (Å²) >= 11 is 0. The molecule has 2 aromatic rings. The third-order valence-corrected chi connectivity index (χ3v) is 2.18. The van der Waals surface area contributed by atoms with Crippen LogP contribution in [0.15, 0.2) is 29.3 Å². The summed E-state index contributed by atoms with van der Waals surface area (Å²) in [6, 6.07) is 0.800. The van der Waals surface area contributed by atoms with Crippen LogP contribution in [0.5, 0.6) is 0 Å². The van der Waals surface area contributed by atoms with Crippen LogP contribution in [0.25, 0.3) is 0 Å². The molecular formula is C10H11N5O3. The van der Waals surface area contributed by atoms with Crippen molar-refractivity contribution in [1.29, 1.82) is 0 Å². The van der Waals surface area contributed by atoms with Gasteiger partial charge in [0, 0.05) is 0 Å². The standard InChI is InChI=1S/C10H11N5O3/c1-6(8(16)14-10-11-5-12-15-10)13-9(17)7-2-3-18-4-7/h2-6H,1H3,(H,13,17)(H2,11,12,14,15,16)/t6-/m1/s1. The second-order valence-electron chi connectivity index (χ2n) is 3.53. The fourth-order valence-corrected chi connectivity index (χ4v) is 1.23. The van der Waals surface area contributed by atoms with Gasteiger partial charge in [0.2, 0.25) is 11.9 Å². The van der Waals surface area contributed by atoms with Crippen molar-refractivity contribution in [3.8, 4) is 0 Å². The van der Waals surface area contributed by atoms with Crippen molar-refractivity contribution in [2.45, 2.75) is 13.0 Å². The molecule has 2 rings (SSSR count). The first-order valence-corrected chi connectivity index (χ1v) is 5.16. The van der Waals surface area contributed by atoms with Crippen LogP contribution in [-0.4, -0.2) is 33.0 Å². The Kier molecular flexibility index (Phi) is 3.37. The average molecular weight is 249 g/mol. The van der Waals surface area contributed by atoms with Gasteiger partial charge in [-0.1, -0.05) is 0 Å². The highest BCUT2D eigenvalue weighted by Gasteiger charge is 2.17. The van der Waals surface area contributed by atoms with Gasteiger partial charge in [0.15, 0.2) is 0 Å². The normalized spacial score (nSPS) is 11.8. The number of hydrogen-bond acceptors (Lipinski definition) is 5. The van der Waals surface area contributed by atoms with Gasteiger partial charge in [-0.15, -0.1) is 0 Å². The van der Waals surface area contributed by atoms with Gasteiger partial charge in [0.1, 0.15) is 18.6 Å². The molecule has 18 heavy (non-hydrogen) atoms. The van der Waals surface area contributed by atoms with E-state index in [0.717, 1.165) is 0 Å². The second kappa shape index (κ2) is 5.13. The van der Waals surface area contributed by atoms with Crippen LogP contribution in [0.1, 0.15) is 17.3 Å². The zero-order chi connectivity index (χ0) is 13.0. The number of nitrogens with zero attached hydrogens (tertiary/aromatic N) is 2. The molecule has 94 valence electrons. The SMILES string of the molecule is C[C@@H](NC(=O)c1ccoc1)C(=O)Nc1ncn[nH]1. The number of carbonyl (C=O) groups excluding carboxylic acids is 2. The molecule has 2 heterocycles. The number of rotatable bonds is 4. The number of aromatic nitrogens is 3. The van der Waals surface area contributed by atoms with Crippen molar-refractivity contribution in [3.05, 3.63) is 30.5 Å². The van der Waals surface area contributed by atoms with Crippen molar-refractivity contribution in [3.63, 3.8) is 0 Å². The molecule has 0 saturated carbocycles. The summed E-state index contributed by atoms with van der Waals surface area (Å²) in [5, 5.41) is 11.1. The lowest BCUT2D eigenvalue weighted by atomic mass is 10.2. The van der Waals surface area contributed by atoms with Crippen LogP contribution in [0.3, 0.4) is 0 Å². The summed E-state index contributed by atoms with van der Waals surface area (Å²) in [6.07, 6.45) is 3.95. The van der Waals surface area contributed by atoms with Gasteiger partial charge in [-0.3, -0.25) is 14.9 Å². The number of furan rings is 1. The topological polar surface area (TPSA) is 113 Å². The smallest absolute Gasteiger partial charge is 0.255 e. The molecule has 8 heteroatoms. The third-order valence-electron chi connectivity index (χ3n) is 2.18. The lowest BCUT2D eigenvalue weighted by Gasteiger charge is -2.11. The Bertz CT molecular complexity index is 520.